The molecule has 0 spiro atoms. The second kappa shape index (κ2) is 20.2. The van der Waals surface area contributed by atoms with E-state index in [1.807, 2.05) is 26.0 Å². The van der Waals surface area contributed by atoms with Gasteiger partial charge in [-0.2, -0.15) is 8.42 Å². The zero-order chi connectivity index (χ0) is 19.4. The number of hydrogen-bond acceptors (Lipinski definition) is 4. The van der Waals surface area contributed by atoms with Gasteiger partial charge in [0.05, 0.1) is 12.9 Å². The van der Waals surface area contributed by atoms with Crippen LogP contribution in [0.25, 0.3) is 0 Å². The molecule has 0 aromatic rings. The summed E-state index contributed by atoms with van der Waals surface area (Å²) in [7, 11) is 2.76. The van der Waals surface area contributed by atoms with Crippen molar-refractivity contribution in [3.63, 3.8) is 0 Å². The van der Waals surface area contributed by atoms with E-state index in [9.17, 15) is 8.42 Å². The van der Waals surface area contributed by atoms with Gasteiger partial charge in [0.15, 0.2) is 0 Å². The van der Waals surface area contributed by atoms with Crippen LogP contribution in [0.1, 0.15) is 96.8 Å². The Labute approximate surface area is 158 Å². The van der Waals surface area contributed by atoms with Crippen LogP contribution in [0, 0.1) is 0 Å². The van der Waals surface area contributed by atoms with E-state index in [1.54, 1.807) is 0 Å². The third-order valence-corrected chi connectivity index (χ3v) is 4.39. The standard InChI is InChI=1S/C17H36O3S.C3H9N/c1-3-4-5-6-7-8-9-10-11-12-13-14-15-16-17-20-21(2,18)19;1-4(2)3/h3-17H2,1-2H3;1-3H3. The first kappa shape index (κ1) is 27.1. The predicted molar refractivity (Wildman–Crippen MR) is 111 cm³/mol. The predicted octanol–water partition coefficient (Wildman–Crippen LogP) is 5.62. The molecule has 5 heteroatoms. The lowest BCUT2D eigenvalue weighted by Crippen LogP contribution is -2.03. The van der Waals surface area contributed by atoms with Crippen molar-refractivity contribution in [2.75, 3.05) is 34.0 Å². The molecule has 0 radical (unpaired) electrons. The highest BCUT2D eigenvalue weighted by Crippen LogP contribution is 2.12. The Morgan fingerprint density at radius 1 is 0.640 bits per heavy atom. The summed E-state index contributed by atoms with van der Waals surface area (Å²) >= 11 is 0. The highest BCUT2D eigenvalue weighted by atomic mass is 32.2. The van der Waals surface area contributed by atoms with Gasteiger partial charge >= 0.3 is 0 Å². The van der Waals surface area contributed by atoms with E-state index in [-0.39, 0.29) is 0 Å². The highest BCUT2D eigenvalue weighted by Gasteiger charge is 2.00. The van der Waals surface area contributed by atoms with Crippen molar-refractivity contribution < 1.29 is 12.6 Å². The summed E-state index contributed by atoms with van der Waals surface area (Å²) in [5, 5.41) is 0. The van der Waals surface area contributed by atoms with Crippen LogP contribution in [-0.2, 0) is 14.3 Å². The van der Waals surface area contributed by atoms with Crippen molar-refractivity contribution in [3.8, 4) is 0 Å². The Morgan fingerprint density at radius 2 is 0.920 bits per heavy atom. The van der Waals surface area contributed by atoms with Crippen LogP contribution >= 0.6 is 0 Å². The van der Waals surface area contributed by atoms with Gasteiger partial charge in [0.1, 0.15) is 0 Å². The molecule has 0 saturated carbocycles. The Hall–Kier alpha value is -0.130. The van der Waals surface area contributed by atoms with Crippen LogP contribution < -0.4 is 0 Å². The van der Waals surface area contributed by atoms with E-state index >= 15 is 0 Å². The SMILES string of the molecule is CCCCCCCCCCCCCCCCOS(C)(=O)=O.CN(C)C. The van der Waals surface area contributed by atoms with Crippen molar-refractivity contribution in [2.24, 2.45) is 0 Å². The van der Waals surface area contributed by atoms with Crippen molar-refractivity contribution in [3.05, 3.63) is 0 Å². The van der Waals surface area contributed by atoms with Gasteiger partial charge < -0.3 is 4.90 Å². The lowest BCUT2D eigenvalue weighted by Gasteiger charge is -2.03. The maximum Gasteiger partial charge on any atom is 0.264 e. The number of rotatable bonds is 16. The van der Waals surface area contributed by atoms with Crippen molar-refractivity contribution in [2.45, 2.75) is 96.8 Å². The number of unbranched alkanes of at least 4 members (excludes halogenated alkanes) is 13. The second-order valence-corrected chi connectivity index (χ2v) is 9.11. The molecule has 0 aromatic carbocycles. The molecular weight excluding hydrogens is 334 g/mol. The first-order chi connectivity index (χ1) is 11.8. The van der Waals surface area contributed by atoms with Crippen LogP contribution in [-0.4, -0.2) is 47.3 Å². The van der Waals surface area contributed by atoms with Crippen LogP contribution in [0.4, 0.5) is 0 Å². The molecule has 0 atom stereocenters. The summed E-state index contributed by atoms with van der Waals surface area (Å²) in [6.45, 7) is 2.61. The summed E-state index contributed by atoms with van der Waals surface area (Å²) in [4.78, 5) is 2.00. The maximum absolute atomic E-state index is 10.7. The molecule has 0 aromatic heterocycles. The fraction of sp³-hybridized carbons (Fsp3) is 1.00. The van der Waals surface area contributed by atoms with Gasteiger partial charge in [0.25, 0.3) is 10.1 Å². The first-order valence-corrected chi connectivity index (χ1v) is 12.1. The van der Waals surface area contributed by atoms with Crippen LogP contribution in [0.5, 0.6) is 0 Å². The Kier molecular flexibility index (Phi) is 21.9. The van der Waals surface area contributed by atoms with Crippen molar-refractivity contribution in [1.29, 1.82) is 0 Å². The molecular formula is C20H45NO3S. The zero-order valence-corrected chi connectivity index (χ0v) is 18.5. The van der Waals surface area contributed by atoms with Gasteiger partial charge in [-0.3, -0.25) is 4.18 Å². The minimum atomic E-state index is -3.24. The summed E-state index contributed by atoms with van der Waals surface area (Å²) in [5.74, 6) is 0. The normalized spacial score (nSPS) is 11.4. The molecule has 0 aliphatic carbocycles. The number of nitrogens with zero attached hydrogens (tertiary/aromatic N) is 1. The Bertz CT molecular complexity index is 340. The topological polar surface area (TPSA) is 46.6 Å². The van der Waals surface area contributed by atoms with Gasteiger partial charge in [-0.05, 0) is 27.6 Å². The van der Waals surface area contributed by atoms with Crippen LogP contribution in [0.2, 0.25) is 0 Å². The molecule has 0 amide bonds. The monoisotopic (exact) mass is 379 g/mol. The zero-order valence-electron chi connectivity index (χ0n) is 17.7. The smallest absolute Gasteiger partial charge is 0.264 e. The quantitative estimate of drug-likeness (QED) is 0.258. The molecule has 0 unspecified atom stereocenters. The fourth-order valence-corrected chi connectivity index (χ4v) is 2.93. The molecule has 0 saturated heterocycles. The average Bonchev–Trinajstić information content (AvgIpc) is 2.49. The van der Waals surface area contributed by atoms with Crippen molar-refractivity contribution in [1.82, 2.24) is 4.90 Å². The Balaban J connectivity index is 0. The van der Waals surface area contributed by atoms with E-state index in [1.165, 1.54) is 77.0 Å². The molecule has 25 heavy (non-hydrogen) atoms. The summed E-state index contributed by atoms with van der Waals surface area (Å²) < 4.78 is 26.2. The summed E-state index contributed by atoms with van der Waals surface area (Å²) in [6, 6.07) is 0. The molecule has 0 heterocycles. The van der Waals surface area contributed by atoms with Gasteiger partial charge in [0.2, 0.25) is 0 Å². The van der Waals surface area contributed by atoms with Crippen LogP contribution in [0.3, 0.4) is 0 Å². The van der Waals surface area contributed by atoms with E-state index in [0.717, 1.165) is 19.1 Å². The molecule has 0 aliphatic rings. The third-order valence-electron chi connectivity index (χ3n) is 3.80. The van der Waals surface area contributed by atoms with Crippen molar-refractivity contribution >= 4 is 10.1 Å². The number of hydrogen-bond donors (Lipinski definition) is 0. The van der Waals surface area contributed by atoms with Gasteiger partial charge in [-0.1, -0.05) is 90.4 Å². The van der Waals surface area contributed by atoms with E-state index in [0.29, 0.717) is 6.61 Å². The van der Waals surface area contributed by atoms with E-state index in [2.05, 4.69) is 6.92 Å². The molecule has 0 aliphatic heterocycles. The Morgan fingerprint density at radius 3 is 1.20 bits per heavy atom. The molecule has 0 N–H and O–H groups in total. The largest absolute Gasteiger partial charge is 0.312 e. The van der Waals surface area contributed by atoms with Gasteiger partial charge in [-0.15, -0.1) is 0 Å². The third kappa shape index (κ3) is 35.8. The first-order valence-electron chi connectivity index (χ1n) is 10.2. The second-order valence-electron chi connectivity index (χ2n) is 7.46. The fourth-order valence-electron chi connectivity index (χ4n) is 2.51. The minimum absolute atomic E-state index is 0.344. The molecule has 154 valence electrons. The minimum Gasteiger partial charge on any atom is -0.312 e. The van der Waals surface area contributed by atoms with E-state index < -0.39 is 10.1 Å². The lowest BCUT2D eigenvalue weighted by atomic mass is 10.0. The average molecular weight is 380 g/mol. The lowest BCUT2D eigenvalue weighted by molar-refractivity contribution is 0.309. The molecule has 4 nitrogen and oxygen atoms in total. The summed E-state index contributed by atoms with van der Waals surface area (Å²) in [5.41, 5.74) is 0. The van der Waals surface area contributed by atoms with Gasteiger partial charge in [-0.25, -0.2) is 0 Å². The highest BCUT2D eigenvalue weighted by molar-refractivity contribution is 7.85. The maximum atomic E-state index is 10.7. The molecule has 0 bridgehead atoms. The van der Waals surface area contributed by atoms with E-state index in [4.69, 9.17) is 4.18 Å². The van der Waals surface area contributed by atoms with Gasteiger partial charge in [0, 0.05) is 0 Å². The molecule has 0 rings (SSSR count). The summed E-state index contributed by atoms with van der Waals surface area (Å²) in [6.07, 6.45) is 19.4. The molecule has 0 fully saturated rings. The van der Waals surface area contributed by atoms with Crippen LogP contribution in [0.15, 0.2) is 0 Å².